The van der Waals surface area contributed by atoms with E-state index in [0.29, 0.717) is 6.42 Å². The van der Waals surface area contributed by atoms with Gasteiger partial charge in [-0.3, -0.25) is 14.9 Å². The van der Waals surface area contributed by atoms with E-state index < -0.39 is 0 Å². The molecule has 1 N–H and O–H groups in total. The smallest absolute Gasteiger partial charge is 0.286 e. The second-order valence-electron chi connectivity index (χ2n) is 5.54. The number of imide groups is 1. The van der Waals surface area contributed by atoms with Gasteiger partial charge in [-0.15, -0.1) is 0 Å². The molecule has 0 radical (unpaired) electrons. The zero-order valence-corrected chi connectivity index (χ0v) is 11.8. The summed E-state index contributed by atoms with van der Waals surface area (Å²) in [6.45, 7) is 2.29. The molecular weight excluding hydrogens is 258 g/mol. The third kappa shape index (κ3) is 2.68. The third-order valence-corrected chi connectivity index (χ3v) is 4.92. The van der Waals surface area contributed by atoms with Gasteiger partial charge in [0.1, 0.15) is 0 Å². The van der Waals surface area contributed by atoms with Crippen LogP contribution in [0, 0.1) is 5.92 Å². The Balaban J connectivity index is 1.76. The van der Waals surface area contributed by atoms with Crippen molar-refractivity contribution in [1.82, 2.24) is 5.32 Å². The number of amides is 2. The first kappa shape index (κ1) is 12.7. The van der Waals surface area contributed by atoms with Gasteiger partial charge in [0.15, 0.2) is 0 Å². The fourth-order valence-electron chi connectivity index (χ4n) is 2.86. The molecule has 3 nitrogen and oxygen atoms in total. The van der Waals surface area contributed by atoms with E-state index in [1.807, 2.05) is 0 Å². The highest BCUT2D eigenvalue weighted by atomic mass is 32.2. The number of rotatable bonds is 2. The standard InChI is InChI=1S/C15H17NO2S/c1-9-2-4-12-7-10(3-5-11(12)6-9)8-13-14(17)16-15(18)19-13/h3,5,7,9,13H,2,4,6,8H2,1H3,(H,16,17,18). The third-order valence-electron chi connectivity index (χ3n) is 3.93. The molecule has 0 spiro atoms. The van der Waals surface area contributed by atoms with Crippen LogP contribution in [0.3, 0.4) is 0 Å². The number of aryl methyl sites for hydroxylation is 1. The number of hydrogen-bond donors (Lipinski definition) is 1. The Labute approximate surface area is 117 Å². The number of carbonyl (C=O) groups is 2. The van der Waals surface area contributed by atoms with Crippen molar-refractivity contribution in [2.75, 3.05) is 0 Å². The molecule has 2 amide bonds. The Bertz CT molecular complexity index is 541. The number of fused-ring (bicyclic) bond motifs is 1. The topological polar surface area (TPSA) is 46.2 Å². The van der Waals surface area contributed by atoms with Crippen LogP contribution in [0.5, 0.6) is 0 Å². The first-order chi connectivity index (χ1) is 9.11. The number of carbonyl (C=O) groups excluding carboxylic acids is 2. The van der Waals surface area contributed by atoms with Crippen molar-refractivity contribution in [1.29, 1.82) is 0 Å². The molecule has 19 heavy (non-hydrogen) atoms. The fraction of sp³-hybridized carbons (Fsp3) is 0.467. The van der Waals surface area contributed by atoms with E-state index >= 15 is 0 Å². The van der Waals surface area contributed by atoms with Gasteiger partial charge in [0, 0.05) is 0 Å². The molecule has 2 unspecified atom stereocenters. The molecule has 100 valence electrons. The summed E-state index contributed by atoms with van der Waals surface area (Å²) in [6.07, 6.45) is 4.18. The van der Waals surface area contributed by atoms with Crippen LogP contribution in [0.1, 0.15) is 30.0 Å². The van der Waals surface area contributed by atoms with E-state index in [0.717, 1.165) is 36.1 Å². The Morgan fingerprint density at radius 1 is 1.32 bits per heavy atom. The van der Waals surface area contributed by atoms with Crippen LogP contribution in [0.15, 0.2) is 18.2 Å². The van der Waals surface area contributed by atoms with Crippen molar-refractivity contribution < 1.29 is 9.59 Å². The predicted octanol–water partition coefficient (Wildman–Crippen LogP) is 2.71. The van der Waals surface area contributed by atoms with Gasteiger partial charge in [-0.2, -0.15) is 0 Å². The lowest BCUT2D eigenvalue weighted by atomic mass is 9.84. The Kier molecular flexibility index (Phi) is 3.35. The van der Waals surface area contributed by atoms with Gasteiger partial charge in [-0.05, 0) is 48.3 Å². The largest absolute Gasteiger partial charge is 0.286 e. The first-order valence-corrected chi connectivity index (χ1v) is 7.62. The summed E-state index contributed by atoms with van der Waals surface area (Å²) in [5.41, 5.74) is 4.03. The van der Waals surface area contributed by atoms with Gasteiger partial charge in [0.2, 0.25) is 5.91 Å². The minimum Gasteiger partial charge on any atom is -0.286 e. The van der Waals surface area contributed by atoms with Crippen LogP contribution in [-0.4, -0.2) is 16.4 Å². The molecule has 1 heterocycles. The molecule has 0 bridgehead atoms. The number of hydrogen-bond acceptors (Lipinski definition) is 3. The molecule has 1 aromatic rings. The number of thioether (sulfide) groups is 1. The average molecular weight is 275 g/mol. The maximum atomic E-state index is 11.6. The van der Waals surface area contributed by atoms with E-state index in [2.05, 4.69) is 30.4 Å². The van der Waals surface area contributed by atoms with E-state index in [-0.39, 0.29) is 16.4 Å². The van der Waals surface area contributed by atoms with Crippen molar-refractivity contribution in [2.45, 2.75) is 37.9 Å². The number of benzene rings is 1. The second kappa shape index (κ2) is 5.00. The molecule has 2 atom stereocenters. The highest BCUT2D eigenvalue weighted by Gasteiger charge is 2.31. The summed E-state index contributed by atoms with van der Waals surface area (Å²) < 4.78 is 0. The molecule has 0 aromatic heterocycles. The minimum atomic E-state index is -0.256. The molecule has 0 saturated carbocycles. The molecular formula is C15H17NO2S. The second-order valence-corrected chi connectivity index (χ2v) is 6.71. The lowest BCUT2D eigenvalue weighted by molar-refractivity contribution is -0.118. The maximum absolute atomic E-state index is 11.6. The molecule has 1 aromatic carbocycles. The zero-order chi connectivity index (χ0) is 13.4. The first-order valence-electron chi connectivity index (χ1n) is 6.74. The molecule has 3 rings (SSSR count). The van der Waals surface area contributed by atoms with Gasteiger partial charge in [-0.1, -0.05) is 36.9 Å². The highest BCUT2D eigenvalue weighted by Crippen LogP contribution is 2.28. The quantitative estimate of drug-likeness (QED) is 0.902. The lowest BCUT2D eigenvalue weighted by Crippen LogP contribution is -2.25. The maximum Gasteiger partial charge on any atom is 0.286 e. The Morgan fingerprint density at radius 2 is 2.16 bits per heavy atom. The van der Waals surface area contributed by atoms with Crippen molar-refractivity contribution >= 4 is 22.9 Å². The molecule has 1 fully saturated rings. The van der Waals surface area contributed by atoms with Gasteiger partial charge >= 0.3 is 0 Å². The fourth-order valence-corrected chi connectivity index (χ4v) is 3.72. The SMILES string of the molecule is CC1CCc2cc(CC3SC(=O)NC3=O)ccc2C1. The van der Waals surface area contributed by atoms with Crippen molar-refractivity contribution in [3.05, 3.63) is 34.9 Å². The summed E-state index contributed by atoms with van der Waals surface area (Å²) >= 11 is 1.11. The van der Waals surface area contributed by atoms with E-state index in [4.69, 9.17) is 0 Å². The summed E-state index contributed by atoms with van der Waals surface area (Å²) in [6, 6.07) is 6.52. The zero-order valence-electron chi connectivity index (χ0n) is 10.9. The van der Waals surface area contributed by atoms with Gasteiger partial charge in [0.25, 0.3) is 5.24 Å². The normalized spacial score (nSPS) is 26.2. The Morgan fingerprint density at radius 3 is 2.89 bits per heavy atom. The molecule has 2 aliphatic rings. The van der Waals surface area contributed by atoms with Gasteiger partial charge in [0.05, 0.1) is 5.25 Å². The van der Waals surface area contributed by atoms with Crippen LogP contribution in [0.4, 0.5) is 4.79 Å². The van der Waals surface area contributed by atoms with E-state index in [1.165, 1.54) is 17.5 Å². The van der Waals surface area contributed by atoms with Crippen LogP contribution >= 0.6 is 11.8 Å². The predicted molar refractivity (Wildman–Crippen MR) is 76.3 cm³/mol. The summed E-state index contributed by atoms with van der Waals surface area (Å²) in [5, 5.41) is 1.86. The van der Waals surface area contributed by atoms with Crippen molar-refractivity contribution in [2.24, 2.45) is 5.92 Å². The number of nitrogens with one attached hydrogen (secondary N) is 1. The monoisotopic (exact) mass is 275 g/mol. The molecule has 4 heteroatoms. The lowest BCUT2D eigenvalue weighted by Gasteiger charge is -2.22. The summed E-state index contributed by atoms with van der Waals surface area (Å²) in [5.74, 6) is 0.619. The van der Waals surface area contributed by atoms with Crippen LogP contribution in [-0.2, 0) is 24.1 Å². The van der Waals surface area contributed by atoms with Crippen molar-refractivity contribution in [3.63, 3.8) is 0 Å². The molecule has 1 aliphatic heterocycles. The summed E-state index contributed by atoms with van der Waals surface area (Å²) in [7, 11) is 0. The van der Waals surface area contributed by atoms with Gasteiger partial charge in [-0.25, -0.2) is 0 Å². The van der Waals surface area contributed by atoms with Crippen LogP contribution in [0.25, 0.3) is 0 Å². The van der Waals surface area contributed by atoms with Crippen molar-refractivity contribution in [3.8, 4) is 0 Å². The molecule has 1 saturated heterocycles. The van der Waals surface area contributed by atoms with Crippen LogP contribution < -0.4 is 5.32 Å². The summed E-state index contributed by atoms with van der Waals surface area (Å²) in [4.78, 5) is 22.7. The highest BCUT2D eigenvalue weighted by molar-refractivity contribution is 8.15. The Hall–Kier alpha value is -1.29. The van der Waals surface area contributed by atoms with E-state index in [9.17, 15) is 9.59 Å². The average Bonchev–Trinajstić information content (AvgIpc) is 2.68. The van der Waals surface area contributed by atoms with Gasteiger partial charge < -0.3 is 0 Å². The van der Waals surface area contributed by atoms with E-state index in [1.54, 1.807) is 0 Å². The molecule has 1 aliphatic carbocycles. The van der Waals surface area contributed by atoms with Crippen LogP contribution in [0.2, 0.25) is 0 Å². The minimum absolute atomic E-state index is 0.152.